The third kappa shape index (κ3) is 7.10. The van der Waals surface area contributed by atoms with Crippen LogP contribution in [-0.2, 0) is 5.41 Å². The largest absolute Gasteiger partial charge is 0.313 e. The minimum absolute atomic E-state index is 0.455. The molecule has 11 rings (SSSR count). The van der Waals surface area contributed by atoms with E-state index in [0.717, 1.165) is 42.0 Å². The Morgan fingerprint density at radius 2 is 1.00 bits per heavy atom. The summed E-state index contributed by atoms with van der Waals surface area (Å²) in [6, 6.07) is 68.9. The Labute approximate surface area is 383 Å². The number of para-hydroxylation sites is 4. The highest BCUT2D eigenvalue weighted by Gasteiger charge is 2.45. The van der Waals surface area contributed by atoms with Gasteiger partial charge in [0.05, 0.1) is 17.1 Å². The fourth-order valence-electron chi connectivity index (χ4n) is 10.3. The van der Waals surface area contributed by atoms with Gasteiger partial charge < -0.3 is 14.7 Å². The molecule has 0 amide bonds. The molecule has 0 radical (unpaired) electrons. The van der Waals surface area contributed by atoms with Crippen molar-refractivity contribution in [2.24, 2.45) is 0 Å². The zero-order valence-corrected chi connectivity index (χ0v) is 37.0. The highest BCUT2D eigenvalue weighted by Crippen LogP contribution is 2.55. The Balaban J connectivity index is 1.18. The van der Waals surface area contributed by atoms with Crippen LogP contribution < -0.4 is 14.7 Å². The van der Waals surface area contributed by atoms with Crippen LogP contribution >= 0.6 is 0 Å². The molecule has 0 aromatic heterocycles. The lowest BCUT2D eigenvalue weighted by Crippen LogP contribution is -2.32. The highest BCUT2D eigenvalue weighted by molar-refractivity contribution is 6.22. The lowest BCUT2D eigenvalue weighted by molar-refractivity contribution is 0.625. The molecule has 0 unspecified atom stereocenters. The van der Waals surface area contributed by atoms with Gasteiger partial charge in [-0.25, -0.2) is 0 Å². The number of benzene rings is 8. The van der Waals surface area contributed by atoms with Crippen LogP contribution in [0.2, 0.25) is 0 Å². The quantitative estimate of drug-likeness (QED) is 0.127. The van der Waals surface area contributed by atoms with Gasteiger partial charge in [-0.15, -0.1) is 0 Å². The molecule has 0 saturated heterocycles. The van der Waals surface area contributed by atoms with Gasteiger partial charge >= 0.3 is 0 Å². The van der Waals surface area contributed by atoms with Gasteiger partial charge in [0.25, 0.3) is 0 Å². The van der Waals surface area contributed by atoms with E-state index in [1.807, 2.05) is 0 Å². The molecule has 65 heavy (non-hydrogen) atoms. The van der Waals surface area contributed by atoms with Gasteiger partial charge in [0.2, 0.25) is 0 Å². The zero-order valence-electron chi connectivity index (χ0n) is 37.0. The Kier molecular flexibility index (Phi) is 10.4. The van der Waals surface area contributed by atoms with Crippen molar-refractivity contribution in [2.45, 2.75) is 38.5 Å². The number of rotatable bonds is 10. The van der Waals surface area contributed by atoms with E-state index in [2.05, 4.69) is 265 Å². The SMILES string of the molecule is CC1(C)C(N(c2ccccc2)c2ccccc2)=C(N(C2=CCC=CC=C2)c2ccccc2)c2ccc(-c3c4ccccc4c(N(C4=CC=CCC4)c4ccccc4)c4ccccc34)cc21. The molecule has 3 heteroatoms. The van der Waals surface area contributed by atoms with Crippen LogP contribution in [0.4, 0.5) is 28.4 Å². The normalized spacial score (nSPS) is 15.1. The Hall–Kier alpha value is -7.88. The van der Waals surface area contributed by atoms with Gasteiger partial charge in [-0.2, -0.15) is 0 Å². The first-order valence-corrected chi connectivity index (χ1v) is 22.9. The van der Waals surface area contributed by atoms with E-state index in [4.69, 9.17) is 0 Å². The maximum atomic E-state index is 2.51. The second-order valence-corrected chi connectivity index (χ2v) is 17.5. The van der Waals surface area contributed by atoms with Crippen LogP contribution in [0.25, 0.3) is 38.4 Å². The molecule has 0 aliphatic heterocycles. The summed E-state index contributed by atoms with van der Waals surface area (Å²) in [4.78, 5) is 7.51. The Bertz CT molecular complexity index is 3150. The maximum Gasteiger partial charge on any atom is 0.0744 e. The first-order chi connectivity index (χ1) is 32.1. The summed E-state index contributed by atoms with van der Waals surface area (Å²) in [6.07, 6.45) is 20.8. The van der Waals surface area contributed by atoms with Crippen LogP contribution in [0.5, 0.6) is 0 Å². The van der Waals surface area contributed by atoms with Crippen molar-refractivity contribution >= 4 is 55.7 Å². The Morgan fingerprint density at radius 1 is 0.477 bits per heavy atom. The van der Waals surface area contributed by atoms with Gasteiger partial charge in [0.1, 0.15) is 0 Å². The number of allylic oxidation sites excluding steroid dienone is 10. The first-order valence-electron chi connectivity index (χ1n) is 22.9. The van der Waals surface area contributed by atoms with Crippen LogP contribution in [0, 0.1) is 0 Å². The van der Waals surface area contributed by atoms with Gasteiger partial charge in [-0.05, 0) is 113 Å². The summed E-state index contributed by atoms with van der Waals surface area (Å²) in [5, 5.41) is 4.94. The first kappa shape index (κ1) is 39.9. The van der Waals surface area contributed by atoms with E-state index < -0.39 is 5.41 Å². The molecule has 0 bridgehead atoms. The maximum absolute atomic E-state index is 2.51. The van der Waals surface area contributed by atoms with Crippen LogP contribution in [0.1, 0.15) is 44.2 Å². The van der Waals surface area contributed by atoms with E-state index in [0.29, 0.717) is 0 Å². The number of anilines is 5. The molecule has 3 aliphatic rings. The predicted molar refractivity (Wildman–Crippen MR) is 277 cm³/mol. The van der Waals surface area contributed by atoms with Crippen molar-refractivity contribution in [3.8, 4) is 11.1 Å². The van der Waals surface area contributed by atoms with Crippen LogP contribution in [0.3, 0.4) is 0 Å². The van der Waals surface area contributed by atoms with E-state index >= 15 is 0 Å². The molecular weight excluding hydrogens is 787 g/mol. The van der Waals surface area contributed by atoms with Crippen molar-refractivity contribution in [3.63, 3.8) is 0 Å². The van der Waals surface area contributed by atoms with Crippen molar-refractivity contribution in [3.05, 3.63) is 265 Å². The fraction of sp³-hybridized carbons (Fsp3) is 0.0968. The van der Waals surface area contributed by atoms with Gasteiger partial charge in [0.15, 0.2) is 0 Å². The minimum Gasteiger partial charge on any atom is -0.313 e. The summed E-state index contributed by atoms with van der Waals surface area (Å²) >= 11 is 0. The standard InChI is InChI=1S/C62H51N3/c1-62(2)57-44-45(58-52-38-22-24-40-54(52)59(55-41-25-23-39-53(55)58)63(46-28-12-5-13-29-46)47-30-14-6-15-31-47)42-43-56(57)60(64(49-32-16-7-17-33-49)48-26-10-3-4-11-27-48)61(62)65(50-34-18-8-19-35-50)51-36-20-9-21-37-51/h3-10,12-14,16-30,32-44H,11,15,31H2,1-2H3. The summed E-state index contributed by atoms with van der Waals surface area (Å²) in [5.41, 5.74) is 15.1. The molecule has 314 valence electrons. The molecule has 0 spiro atoms. The second kappa shape index (κ2) is 17.0. The molecular formula is C62H51N3. The number of nitrogens with zero attached hydrogens (tertiary/aromatic N) is 3. The smallest absolute Gasteiger partial charge is 0.0744 e. The minimum atomic E-state index is -0.455. The number of hydrogen-bond acceptors (Lipinski definition) is 3. The monoisotopic (exact) mass is 837 g/mol. The van der Waals surface area contributed by atoms with Crippen LogP contribution in [-0.4, -0.2) is 0 Å². The van der Waals surface area contributed by atoms with Gasteiger partial charge in [0, 0.05) is 55.9 Å². The molecule has 0 fully saturated rings. The van der Waals surface area contributed by atoms with Crippen molar-refractivity contribution in [2.75, 3.05) is 14.7 Å². The zero-order chi connectivity index (χ0) is 43.7. The third-order valence-corrected chi connectivity index (χ3v) is 13.2. The Morgan fingerprint density at radius 3 is 1.55 bits per heavy atom. The molecule has 0 saturated carbocycles. The molecule has 0 atom stereocenters. The molecule has 8 aromatic carbocycles. The lowest BCUT2D eigenvalue weighted by Gasteiger charge is -2.38. The molecule has 8 aromatic rings. The third-order valence-electron chi connectivity index (χ3n) is 13.2. The van der Waals surface area contributed by atoms with Gasteiger partial charge in [-0.1, -0.05) is 184 Å². The van der Waals surface area contributed by atoms with Crippen molar-refractivity contribution in [1.29, 1.82) is 0 Å². The topological polar surface area (TPSA) is 9.72 Å². The fourth-order valence-corrected chi connectivity index (χ4v) is 10.3. The van der Waals surface area contributed by atoms with Gasteiger partial charge in [-0.3, -0.25) is 0 Å². The summed E-state index contributed by atoms with van der Waals surface area (Å²) in [6.45, 7) is 4.84. The number of fused-ring (bicyclic) bond motifs is 3. The lowest BCUT2D eigenvalue weighted by atomic mass is 9.81. The molecule has 3 nitrogen and oxygen atoms in total. The highest BCUT2D eigenvalue weighted by atomic mass is 15.2. The molecule has 3 aliphatic carbocycles. The predicted octanol–water partition coefficient (Wildman–Crippen LogP) is 16.7. The van der Waals surface area contributed by atoms with Crippen molar-refractivity contribution in [1.82, 2.24) is 0 Å². The number of hydrogen-bond donors (Lipinski definition) is 0. The average molecular weight is 838 g/mol. The molecule has 0 N–H and O–H groups in total. The van der Waals surface area contributed by atoms with Crippen LogP contribution in [0.15, 0.2) is 254 Å². The van der Waals surface area contributed by atoms with E-state index in [1.165, 1.54) is 72.3 Å². The second-order valence-electron chi connectivity index (χ2n) is 17.5. The summed E-state index contributed by atoms with van der Waals surface area (Å²) in [7, 11) is 0. The molecule has 0 heterocycles. The van der Waals surface area contributed by atoms with E-state index in [9.17, 15) is 0 Å². The van der Waals surface area contributed by atoms with Crippen molar-refractivity contribution < 1.29 is 0 Å². The van der Waals surface area contributed by atoms with E-state index in [1.54, 1.807) is 0 Å². The average Bonchev–Trinajstić information content (AvgIpc) is 3.51. The summed E-state index contributed by atoms with van der Waals surface area (Å²) < 4.78 is 0. The summed E-state index contributed by atoms with van der Waals surface area (Å²) in [5.74, 6) is 0. The van der Waals surface area contributed by atoms with E-state index in [-0.39, 0.29) is 0 Å².